The lowest BCUT2D eigenvalue weighted by atomic mass is 9.97. The van der Waals surface area contributed by atoms with Gasteiger partial charge in [0.1, 0.15) is 0 Å². The van der Waals surface area contributed by atoms with Crippen molar-refractivity contribution in [2.24, 2.45) is 5.92 Å². The van der Waals surface area contributed by atoms with Gasteiger partial charge in [-0.1, -0.05) is 100 Å². The Morgan fingerprint density at radius 3 is 0.636 bits per heavy atom. The summed E-state index contributed by atoms with van der Waals surface area (Å²) in [6.07, 6.45) is 8.25. The van der Waals surface area contributed by atoms with Gasteiger partial charge in [0.15, 0.2) is 140 Å². The molecule has 0 spiro atoms. The molecule has 0 heterocycles. The van der Waals surface area contributed by atoms with Gasteiger partial charge in [-0.3, -0.25) is 0 Å². The monoisotopic (exact) mass is 1380 g/mol. The molecule has 1 fully saturated rings. The van der Waals surface area contributed by atoms with Crippen molar-refractivity contribution in [1.29, 1.82) is 0 Å². The van der Waals surface area contributed by atoms with Crippen LogP contribution in [0.4, 0.5) is 105 Å². The quantitative estimate of drug-likeness (QED) is 0.0533. The van der Waals surface area contributed by atoms with Crippen molar-refractivity contribution >= 4 is 70.6 Å². The summed E-state index contributed by atoms with van der Waals surface area (Å²) >= 11 is -1.03. The molecule has 0 aromatic heterocycles. The third-order valence-corrected chi connectivity index (χ3v) is 19.9. The Balaban J connectivity index is 1.24. The number of hydrogen-bond acceptors (Lipinski definition) is 6. The van der Waals surface area contributed by atoms with Crippen molar-refractivity contribution in [2.75, 3.05) is 17.3 Å². The Hall–Kier alpha value is -5.04. The highest BCUT2D eigenvalue weighted by Crippen LogP contribution is 2.50. The Morgan fingerprint density at radius 2 is 0.432 bits per heavy atom. The smallest absolute Gasteiger partial charge is 0.176 e. The first-order valence-electron chi connectivity index (χ1n) is 25.9. The van der Waals surface area contributed by atoms with Crippen molar-refractivity contribution in [3.05, 3.63) is 158 Å². The van der Waals surface area contributed by atoms with Gasteiger partial charge < -0.3 is 0 Å². The minimum atomic E-state index is -2.77. The van der Waals surface area contributed by atoms with E-state index in [9.17, 15) is 17.6 Å². The number of thioether (sulfide) groups is 3. The van der Waals surface area contributed by atoms with Gasteiger partial charge in [-0.15, -0.1) is 35.3 Å². The number of hydrogen-bond donors (Lipinski definition) is 0. The standard InChI is InChI=1S/C58H36F24S6/c1-3-83-53-41(71)29(59)23(30(60)42(53)72)26-35(65)47(77)56(48(78)36(26)66)86-20-15-21(87-57-49(79)37(67)27(38(68)50(57)80)24-31(61)43(73)54(84-4-2)44(74)32(24)62)17-22(16-20)88-58-51(81)39(69)28(40(70)52(58)82)25-33(63)45(75)55(46(76)34(25)64)85-18-19-13-11-9-7-5-6-8-10-12-14-19/h15-17,19H,3-14,18H2,1-2H3. The van der Waals surface area contributed by atoms with Crippen molar-refractivity contribution < 1.29 is 105 Å². The van der Waals surface area contributed by atoms with E-state index in [-0.39, 0.29) is 46.7 Å². The van der Waals surface area contributed by atoms with Crippen LogP contribution in [-0.4, -0.2) is 17.3 Å². The van der Waals surface area contributed by atoms with Crippen molar-refractivity contribution in [3.8, 4) is 33.4 Å². The van der Waals surface area contributed by atoms with Crippen LogP contribution in [0.3, 0.4) is 0 Å². The van der Waals surface area contributed by atoms with E-state index in [2.05, 4.69) is 0 Å². The first kappa shape index (κ1) is 68.9. The fraction of sp³-hybridized carbons (Fsp3) is 0.276. The first-order valence-corrected chi connectivity index (χ1v) is 31.3. The van der Waals surface area contributed by atoms with Crippen LogP contribution < -0.4 is 0 Å². The van der Waals surface area contributed by atoms with E-state index in [1.165, 1.54) is 13.8 Å². The zero-order chi connectivity index (χ0) is 64.7. The van der Waals surface area contributed by atoms with Crippen molar-refractivity contribution in [3.63, 3.8) is 0 Å². The third kappa shape index (κ3) is 13.1. The summed E-state index contributed by atoms with van der Waals surface area (Å²) in [7, 11) is 0. The molecular weight excluding hydrogens is 1340 g/mol. The minimum absolute atomic E-state index is 0.0704. The van der Waals surface area contributed by atoms with Crippen molar-refractivity contribution in [1.82, 2.24) is 0 Å². The normalized spacial score (nSPS) is 13.7. The molecule has 1 aliphatic carbocycles. The fourth-order valence-electron chi connectivity index (χ4n) is 9.44. The molecule has 472 valence electrons. The summed E-state index contributed by atoms with van der Waals surface area (Å²) in [5, 5.41) is 0. The molecule has 7 aromatic carbocycles. The van der Waals surface area contributed by atoms with Gasteiger partial charge >= 0.3 is 0 Å². The molecule has 7 aromatic rings. The zero-order valence-corrected chi connectivity index (χ0v) is 49.4. The Labute approximate surface area is 509 Å². The lowest BCUT2D eigenvalue weighted by molar-refractivity contribution is 0.414. The number of benzene rings is 7. The molecule has 88 heavy (non-hydrogen) atoms. The average Bonchev–Trinajstić information content (AvgIpc) is 0.829. The maximum atomic E-state index is 16.2. The predicted molar refractivity (Wildman–Crippen MR) is 287 cm³/mol. The van der Waals surface area contributed by atoms with Gasteiger partial charge in [0.05, 0.1) is 62.8 Å². The second-order valence-corrected chi connectivity index (χ2v) is 26.0. The van der Waals surface area contributed by atoms with Gasteiger partial charge in [-0.05, 0) is 48.5 Å². The molecule has 30 heteroatoms. The van der Waals surface area contributed by atoms with E-state index in [1.54, 1.807) is 0 Å². The highest BCUT2D eigenvalue weighted by atomic mass is 32.2. The Morgan fingerprint density at radius 1 is 0.250 bits per heavy atom. The van der Waals surface area contributed by atoms with Crippen LogP contribution in [0.5, 0.6) is 0 Å². The van der Waals surface area contributed by atoms with Crippen LogP contribution in [0.2, 0.25) is 0 Å². The molecule has 0 radical (unpaired) electrons. The van der Waals surface area contributed by atoms with Gasteiger partial charge in [0.2, 0.25) is 0 Å². The summed E-state index contributed by atoms with van der Waals surface area (Å²) < 4.78 is 376. The summed E-state index contributed by atoms with van der Waals surface area (Å²) in [5.74, 6) is -61.8. The van der Waals surface area contributed by atoms with Gasteiger partial charge in [-0.25, -0.2) is 105 Å². The van der Waals surface area contributed by atoms with Crippen molar-refractivity contribution in [2.45, 2.75) is 122 Å². The molecule has 8 rings (SSSR count). The van der Waals surface area contributed by atoms with E-state index >= 15 is 87.8 Å². The largest absolute Gasteiger partial charge is 0.203 e. The summed E-state index contributed by atoms with van der Waals surface area (Å²) in [4.78, 5) is -12.8. The molecule has 0 unspecified atom stereocenters. The minimum Gasteiger partial charge on any atom is -0.203 e. The van der Waals surface area contributed by atoms with E-state index in [0.29, 0.717) is 42.8 Å². The maximum Gasteiger partial charge on any atom is 0.176 e. The van der Waals surface area contributed by atoms with Crippen LogP contribution in [0.25, 0.3) is 33.4 Å². The molecule has 0 nitrogen and oxygen atoms in total. The predicted octanol–water partition coefficient (Wildman–Crippen LogP) is 23.3. The number of halogens is 24. The average molecular weight is 1380 g/mol. The molecule has 0 N–H and O–H groups in total. The lowest BCUT2D eigenvalue weighted by Crippen LogP contribution is -2.10. The molecule has 0 atom stereocenters. The Bertz CT molecular complexity index is 3570. The fourth-order valence-corrected chi connectivity index (χ4v) is 15.2. The second kappa shape index (κ2) is 28.6. The topological polar surface area (TPSA) is 0 Å². The van der Waals surface area contributed by atoms with E-state index in [1.807, 2.05) is 0 Å². The molecular formula is C58H36F24S6. The molecule has 0 aliphatic heterocycles. The summed E-state index contributed by atoms with van der Waals surface area (Å²) in [6, 6.07) is 1.26. The summed E-state index contributed by atoms with van der Waals surface area (Å²) in [5.41, 5.74) is -14.0. The highest BCUT2D eigenvalue weighted by molar-refractivity contribution is 8.01. The van der Waals surface area contributed by atoms with Crippen LogP contribution >= 0.6 is 70.6 Å². The van der Waals surface area contributed by atoms with Gasteiger partial charge in [0, 0.05) is 20.4 Å². The highest BCUT2D eigenvalue weighted by Gasteiger charge is 2.39. The third-order valence-electron chi connectivity index (χ3n) is 13.6. The summed E-state index contributed by atoms with van der Waals surface area (Å²) in [6.45, 7) is 2.53. The van der Waals surface area contributed by atoms with Crippen LogP contribution in [0.15, 0.2) is 62.3 Å². The molecule has 0 bridgehead atoms. The zero-order valence-electron chi connectivity index (χ0n) is 44.5. The van der Waals surface area contributed by atoms with Gasteiger partial charge in [-0.2, -0.15) is 0 Å². The molecule has 1 saturated carbocycles. The second-order valence-electron chi connectivity index (χ2n) is 19.2. The van der Waals surface area contributed by atoms with Crippen LogP contribution in [0.1, 0.15) is 78.1 Å². The van der Waals surface area contributed by atoms with E-state index in [0.717, 1.165) is 51.4 Å². The van der Waals surface area contributed by atoms with Crippen LogP contribution in [-0.2, 0) is 0 Å². The van der Waals surface area contributed by atoms with Crippen LogP contribution in [0, 0.1) is 146 Å². The molecule has 0 amide bonds. The van der Waals surface area contributed by atoms with E-state index in [4.69, 9.17) is 0 Å². The maximum absolute atomic E-state index is 16.2. The Kier molecular flexibility index (Phi) is 22.4. The lowest BCUT2D eigenvalue weighted by Gasteiger charge is -2.18. The van der Waals surface area contributed by atoms with E-state index < -0.39 is 252 Å². The molecule has 1 aliphatic rings. The SMILES string of the molecule is CCSc1c(F)c(F)c(-c2c(F)c(F)c(Sc3cc(Sc4c(F)c(F)c(-c5c(F)c(F)c(SCC)c(F)c5F)c(F)c4F)cc(Sc4c(F)c(F)c(-c5c(F)c(F)c(SCC6CCCCCCCCCC6)c(F)c5F)c(F)c4F)c3)c(F)c2F)c(F)c1F. The van der Waals surface area contributed by atoms with Gasteiger partial charge in [0.25, 0.3) is 0 Å². The first-order chi connectivity index (χ1) is 41.6. The number of rotatable bonds is 16. The molecule has 0 saturated heterocycles.